The Bertz CT molecular complexity index is 235. The Hall–Kier alpha value is 0.219. The van der Waals surface area contributed by atoms with Crippen molar-refractivity contribution < 1.29 is 5.11 Å². The Kier molecular flexibility index (Phi) is 2.96. The molecule has 0 aliphatic rings. The molecule has 0 saturated carbocycles. The van der Waals surface area contributed by atoms with Crippen LogP contribution in [-0.4, -0.2) is 37.1 Å². The van der Waals surface area contributed by atoms with Crippen LogP contribution in [-0.2, 0) is 6.61 Å². The molecule has 0 saturated heterocycles. The molecule has 54 valence electrons. The average molecular weight is 266 g/mol. The molecule has 1 aromatic carbocycles. The van der Waals surface area contributed by atoms with Crippen LogP contribution in [0.2, 0.25) is 0 Å². The Balaban J connectivity index is 3.04. The fraction of sp³-hybridized carbons (Fsp3) is 0.143. The van der Waals surface area contributed by atoms with Crippen molar-refractivity contribution in [1.29, 1.82) is 0 Å². The van der Waals surface area contributed by atoms with Crippen molar-refractivity contribution in [1.82, 2.24) is 0 Å². The second-order valence-electron chi connectivity index (χ2n) is 1.98. The number of rotatable bonds is 1. The maximum absolute atomic E-state index is 8.74. The van der Waals surface area contributed by atoms with Crippen LogP contribution in [0.25, 0.3) is 0 Å². The normalized spacial score (nSPS) is 9.90. The third kappa shape index (κ3) is 1.85. The molecule has 0 heterocycles. The van der Waals surface area contributed by atoms with Crippen molar-refractivity contribution in [2.45, 2.75) is 6.61 Å². The summed E-state index contributed by atoms with van der Waals surface area (Å²) in [5, 5.41) is 8.74. The van der Waals surface area contributed by atoms with Gasteiger partial charge in [-0.05, 0) is 0 Å². The van der Waals surface area contributed by atoms with Crippen LogP contribution >= 0.6 is 0 Å². The summed E-state index contributed by atoms with van der Waals surface area (Å²) in [6.45, 7) is 0.123. The van der Waals surface area contributed by atoms with Gasteiger partial charge in [-0.2, -0.15) is 0 Å². The maximum atomic E-state index is 8.74. The van der Waals surface area contributed by atoms with E-state index in [0.717, 1.165) is 10.0 Å². The van der Waals surface area contributed by atoms with Gasteiger partial charge in [0.15, 0.2) is 0 Å². The molecule has 0 amide bonds. The van der Waals surface area contributed by atoms with Crippen molar-refractivity contribution >= 4 is 40.9 Å². The summed E-state index contributed by atoms with van der Waals surface area (Å²) < 4.78 is 2.34. The first kappa shape index (κ1) is 8.32. The summed E-state index contributed by atoms with van der Waals surface area (Å²) in [5.74, 6) is 0. The SMILES string of the molecule is OCc1ccc([SeH])c([SeH])c1. The molecule has 10 heavy (non-hydrogen) atoms. The zero-order valence-electron chi connectivity index (χ0n) is 5.28. The van der Waals surface area contributed by atoms with Crippen molar-refractivity contribution in [2.24, 2.45) is 0 Å². The number of aliphatic hydroxyl groups excluding tert-OH is 1. The molecular weight excluding hydrogens is 258 g/mol. The van der Waals surface area contributed by atoms with E-state index in [1.54, 1.807) is 0 Å². The van der Waals surface area contributed by atoms with Crippen LogP contribution in [0, 0.1) is 0 Å². The fourth-order valence-electron chi connectivity index (χ4n) is 0.667. The first-order valence-corrected chi connectivity index (χ1v) is 4.73. The van der Waals surface area contributed by atoms with Gasteiger partial charge in [0.25, 0.3) is 0 Å². The van der Waals surface area contributed by atoms with Gasteiger partial charge in [-0.25, -0.2) is 0 Å². The van der Waals surface area contributed by atoms with Crippen molar-refractivity contribution in [3.05, 3.63) is 23.8 Å². The molecule has 0 atom stereocenters. The summed E-state index contributed by atoms with van der Waals surface area (Å²) in [5.41, 5.74) is 0.963. The second-order valence-corrected chi connectivity index (χ2v) is 4.00. The minimum absolute atomic E-state index is 0.123. The molecule has 1 aromatic rings. The van der Waals surface area contributed by atoms with E-state index in [4.69, 9.17) is 5.11 Å². The van der Waals surface area contributed by atoms with E-state index in [2.05, 4.69) is 32.0 Å². The first-order chi connectivity index (χ1) is 4.74. The predicted octanol–water partition coefficient (Wildman–Crippen LogP) is -1.77. The van der Waals surface area contributed by atoms with Gasteiger partial charge in [0.1, 0.15) is 0 Å². The Morgan fingerprint density at radius 3 is 2.40 bits per heavy atom. The van der Waals surface area contributed by atoms with Gasteiger partial charge in [-0.15, -0.1) is 0 Å². The average Bonchev–Trinajstić information content (AvgIpc) is 1.95. The number of hydrogen-bond donors (Lipinski definition) is 1. The summed E-state index contributed by atoms with van der Waals surface area (Å²) in [6.07, 6.45) is 0. The van der Waals surface area contributed by atoms with Crippen LogP contribution in [0.15, 0.2) is 18.2 Å². The first-order valence-electron chi connectivity index (χ1n) is 2.86. The molecule has 1 rings (SSSR count). The van der Waals surface area contributed by atoms with Gasteiger partial charge in [0.2, 0.25) is 0 Å². The third-order valence-corrected chi connectivity index (χ3v) is 3.65. The zero-order chi connectivity index (χ0) is 7.56. The van der Waals surface area contributed by atoms with E-state index < -0.39 is 0 Å². The Labute approximate surface area is 76.5 Å². The second kappa shape index (κ2) is 3.56. The fourth-order valence-corrected chi connectivity index (χ4v) is 1.46. The number of benzene rings is 1. The third-order valence-electron chi connectivity index (χ3n) is 1.22. The molecule has 0 aromatic heterocycles. The molecule has 1 nitrogen and oxygen atoms in total. The van der Waals surface area contributed by atoms with Gasteiger partial charge in [0, 0.05) is 0 Å². The minimum atomic E-state index is 0.123. The van der Waals surface area contributed by atoms with Gasteiger partial charge in [-0.1, -0.05) is 0 Å². The monoisotopic (exact) mass is 268 g/mol. The molecule has 0 fully saturated rings. The number of hydrogen-bond acceptors (Lipinski definition) is 1. The van der Waals surface area contributed by atoms with Crippen molar-refractivity contribution in [2.75, 3.05) is 0 Å². The van der Waals surface area contributed by atoms with Crippen LogP contribution in [0.1, 0.15) is 5.56 Å². The van der Waals surface area contributed by atoms with E-state index in [9.17, 15) is 0 Å². The molecule has 0 spiro atoms. The van der Waals surface area contributed by atoms with E-state index in [0.29, 0.717) is 0 Å². The molecule has 0 aliphatic heterocycles. The van der Waals surface area contributed by atoms with Crippen LogP contribution in [0.3, 0.4) is 0 Å². The standard InChI is InChI=1S/C7H8OSe2/c8-4-5-1-2-6(9)7(10)3-5/h1-3,8-10H,4H2. The molecule has 0 aliphatic carbocycles. The van der Waals surface area contributed by atoms with E-state index >= 15 is 0 Å². The molecular formula is C7H8OSe2. The molecule has 0 bridgehead atoms. The van der Waals surface area contributed by atoms with Gasteiger partial charge in [-0.3, -0.25) is 0 Å². The van der Waals surface area contributed by atoms with Crippen molar-refractivity contribution in [3.63, 3.8) is 0 Å². The molecule has 3 heteroatoms. The summed E-state index contributed by atoms with van der Waals surface area (Å²) in [7, 11) is 0. The van der Waals surface area contributed by atoms with Gasteiger partial charge < -0.3 is 0 Å². The summed E-state index contributed by atoms with van der Waals surface area (Å²) >= 11 is 4.96. The molecule has 0 radical (unpaired) electrons. The quantitative estimate of drug-likeness (QED) is 0.597. The predicted molar refractivity (Wildman–Crippen MR) is 45.9 cm³/mol. The summed E-state index contributed by atoms with van der Waals surface area (Å²) in [6, 6.07) is 5.87. The summed E-state index contributed by atoms with van der Waals surface area (Å²) in [4.78, 5) is 0. The van der Waals surface area contributed by atoms with E-state index in [-0.39, 0.29) is 6.61 Å². The van der Waals surface area contributed by atoms with Gasteiger partial charge >= 0.3 is 76.4 Å². The van der Waals surface area contributed by atoms with E-state index in [1.165, 1.54) is 4.46 Å². The van der Waals surface area contributed by atoms with E-state index in [1.807, 2.05) is 18.2 Å². The van der Waals surface area contributed by atoms with Crippen LogP contribution < -0.4 is 8.92 Å². The molecule has 1 N–H and O–H groups in total. The number of aliphatic hydroxyl groups is 1. The topological polar surface area (TPSA) is 20.2 Å². The molecule has 0 unspecified atom stereocenters. The van der Waals surface area contributed by atoms with Crippen molar-refractivity contribution in [3.8, 4) is 0 Å². The Morgan fingerprint density at radius 2 is 1.90 bits per heavy atom. The van der Waals surface area contributed by atoms with Crippen LogP contribution in [0.5, 0.6) is 0 Å². The van der Waals surface area contributed by atoms with Gasteiger partial charge in [0.05, 0.1) is 0 Å². The van der Waals surface area contributed by atoms with Crippen LogP contribution in [0.4, 0.5) is 0 Å². The zero-order valence-corrected chi connectivity index (χ0v) is 9.03. The Morgan fingerprint density at radius 1 is 1.20 bits per heavy atom.